The van der Waals surface area contributed by atoms with Gasteiger partial charge in [0.25, 0.3) is 0 Å². The fraction of sp³-hybridized carbons (Fsp3) is 0.261. The van der Waals surface area contributed by atoms with Gasteiger partial charge < -0.3 is 18.9 Å². The first-order chi connectivity index (χ1) is 13.7. The third-order valence-corrected chi connectivity index (χ3v) is 5.02. The van der Waals surface area contributed by atoms with Crippen molar-refractivity contribution in [2.45, 2.75) is 13.5 Å². The number of hydrogen-bond donors (Lipinski definition) is 0. The molecular weight excluding hydrogens is 352 g/mol. The maximum atomic E-state index is 12.3. The van der Waals surface area contributed by atoms with Crippen molar-refractivity contribution in [1.29, 1.82) is 0 Å². The molecule has 5 heteroatoms. The highest BCUT2D eigenvalue weighted by molar-refractivity contribution is 5.52. The fourth-order valence-corrected chi connectivity index (χ4v) is 3.45. The smallest absolute Gasteiger partial charge is 0.223 e. The van der Waals surface area contributed by atoms with Crippen LogP contribution in [0, 0.1) is 6.92 Å². The Balaban J connectivity index is 1.57. The molecule has 0 spiro atoms. The summed E-state index contributed by atoms with van der Waals surface area (Å²) in [7, 11) is 0. The number of pyridine rings is 1. The Morgan fingerprint density at radius 1 is 0.929 bits per heavy atom. The van der Waals surface area contributed by atoms with Gasteiger partial charge in [0.15, 0.2) is 5.75 Å². The maximum Gasteiger partial charge on any atom is 0.223 e. The van der Waals surface area contributed by atoms with Gasteiger partial charge in [0.1, 0.15) is 6.61 Å². The number of ether oxygens (including phenoxy) is 2. The van der Waals surface area contributed by atoms with Crippen LogP contribution in [0.15, 0.2) is 71.7 Å². The molecule has 2 aromatic carbocycles. The lowest BCUT2D eigenvalue weighted by Gasteiger charge is -2.29. The van der Waals surface area contributed by atoms with E-state index in [0.29, 0.717) is 12.4 Å². The zero-order chi connectivity index (χ0) is 19.3. The molecule has 0 bridgehead atoms. The number of morpholine rings is 1. The Kier molecular flexibility index (Phi) is 5.44. The van der Waals surface area contributed by atoms with Gasteiger partial charge in [-0.25, -0.2) is 0 Å². The van der Waals surface area contributed by atoms with Crippen LogP contribution in [0.5, 0.6) is 5.75 Å². The molecule has 5 nitrogen and oxygen atoms in total. The molecule has 0 radical (unpaired) electrons. The summed E-state index contributed by atoms with van der Waals surface area (Å²) in [6.45, 7) is 5.64. The molecule has 0 unspecified atom stereocenters. The van der Waals surface area contributed by atoms with E-state index >= 15 is 0 Å². The van der Waals surface area contributed by atoms with Crippen LogP contribution in [0.2, 0.25) is 0 Å². The summed E-state index contributed by atoms with van der Waals surface area (Å²) in [4.78, 5) is 14.7. The first-order valence-electron chi connectivity index (χ1n) is 9.54. The van der Waals surface area contributed by atoms with Crippen molar-refractivity contribution in [1.82, 2.24) is 4.57 Å². The van der Waals surface area contributed by atoms with Gasteiger partial charge in [-0.2, -0.15) is 0 Å². The van der Waals surface area contributed by atoms with E-state index in [1.807, 2.05) is 41.8 Å². The number of benzene rings is 2. The predicted molar refractivity (Wildman–Crippen MR) is 111 cm³/mol. The largest absolute Gasteiger partial charge is 0.483 e. The molecule has 1 aliphatic heterocycles. The topological polar surface area (TPSA) is 43.7 Å². The van der Waals surface area contributed by atoms with E-state index in [1.165, 1.54) is 5.69 Å². The number of anilines is 1. The van der Waals surface area contributed by atoms with Crippen molar-refractivity contribution in [3.8, 4) is 11.4 Å². The first kappa shape index (κ1) is 18.3. The summed E-state index contributed by atoms with van der Waals surface area (Å²) >= 11 is 0. The summed E-state index contributed by atoms with van der Waals surface area (Å²) < 4.78 is 13.3. The summed E-state index contributed by atoms with van der Waals surface area (Å²) in [6.07, 6.45) is 1.80. The van der Waals surface area contributed by atoms with Crippen LogP contribution in [0.25, 0.3) is 5.69 Å². The van der Waals surface area contributed by atoms with Crippen LogP contribution < -0.4 is 15.1 Å². The lowest BCUT2D eigenvalue weighted by Crippen LogP contribution is -2.36. The van der Waals surface area contributed by atoms with Gasteiger partial charge in [-0.1, -0.05) is 30.3 Å². The highest BCUT2D eigenvalue weighted by Gasteiger charge is 2.13. The van der Waals surface area contributed by atoms with Crippen molar-refractivity contribution in [3.63, 3.8) is 0 Å². The van der Waals surface area contributed by atoms with Crippen LogP contribution in [0.3, 0.4) is 0 Å². The third-order valence-electron chi connectivity index (χ3n) is 5.02. The van der Waals surface area contributed by atoms with Crippen LogP contribution in [0.4, 0.5) is 5.69 Å². The molecule has 0 atom stereocenters. The summed E-state index contributed by atoms with van der Waals surface area (Å²) in [5, 5.41) is 0. The molecule has 1 saturated heterocycles. The molecule has 0 amide bonds. The average molecular weight is 376 g/mol. The average Bonchev–Trinajstić information content (AvgIpc) is 2.75. The number of rotatable bonds is 5. The minimum atomic E-state index is -0.102. The Bertz CT molecular complexity index is 975. The maximum absolute atomic E-state index is 12.3. The summed E-state index contributed by atoms with van der Waals surface area (Å²) in [6, 6.07) is 19.8. The highest BCUT2D eigenvalue weighted by Crippen LogP contribution is 2.22. The second-order valence-electron chi connectivity index (χ2n) is 6.85. The zero-order valence-electron chi connectivity index (χ0n) is 16.0. The highest BCUT2D eigenvalue weighted by atomic mass is 16.5. The van der Waals surface area contributed by atoms with Gasteiger partial charge in [0.05, 0.1) is 18.9 Å². The molecular formula is C23H24N2O3. The Morgan fingerprint density at radius 2 is 1.61 bits per heavy atom. The predicted octanol–water partition coefficient (Wildman–Crippen LogP) is 3.56. The third kappa shape index (κ3) is 3.94. The Morgan fingerprint density at radius 3 is 2.32 bits per heavy atom. The number of hydrogen-bond acceptors (Lipinski definition) is 4. The van der Waals surface area contributed by atoms with Crippen LogP contribution in [-0.2, 0) is 11.3 Å². The normalized spacial score (nSPS) is 14.1. The molecule has 2 heterocycles. The van der Waals surface area contributed by atoms with E-state index in [2.05, 4.69) is 29.2 Å². The molecule has 3 aromatic rings. The molecule has 0 aliphatic carbocycles. The molecule has 4 rings (SSSR count). The van der Waals surface area contributed by atoms with Crippen LogP contribution in [-0.4, -0.2) is 30.9 Å². The van der Waals surface area contributed by atoms with Crippen molar-refractivity contribution in [2.24, 2.45) is 0 Å². The Hall–Kier alpha value is -3.05. The van der Waals surface area contributed by atoms with Gasteiger partial charge in [0, 0.05) is 36.7 Å². The van der Waals surface area contributed by atoms with Gasteiger partial charge >= 0.3 is 0 Å². The molecule has 28 heavy (non-hydrogen) atoms. The summed E-state index contributed by atoms with van der Waals surface area (Å²) in [5.74, 6) is 0.392. The number of nitrogens with zero attached hydrogens (tertiary/aromatic N) is 2. The minimum absolute atomic E-state index is 0.102. The van der Waals surface area contributed by atoms with E-state index in [9.17, 15) is 4.79 Å². The summed E-state index contributed by atoms with van der Waals surface area (Å²) in [5.41, 5.74) is 3.91. The first-order valence-corrected chi connectivity index (χ1v) is 9.54. The van der Waals surface area contributed by atoms with E-state index in [1.54, 1.807) is 12.3 Å². The second kappa shape index (κ2) is 8.31. The quantitative estimate of drug-likeness (QED) is 0.683. The van der Waals surface area contributed by atoms with Crippen molar-refractivity contribution in [3.05, 3.63) is 88.3 Å². The van der Waals surface area contributed by atoms with Crippen molar-refractivity contribution >= 4 is 5.69 Å². The number of aromatic nitrogens is 1. The van der Waals surface area contributed by atoms with E-state index < -0.39 is 0 Å². The van der Waals surface area contributed by atoms with Gasteiger partial charge in [-0.3, -0.25) is 4.79 Å². The zero-order valence-corrected chi connectivity index (χ0v) is 16.0. The Labute approximate surface area is 164 Å². The van der Waals surface area contributed by atoms with Crippen molar-refractivity contribution in [2.75, 3.05) is 31.2 Å². The lowest BCUT2D eigenvalue weighted by molar-refractivity contribution is 0.122. The monoisotopic (exact) mass is 376 g/mol. The second-order valence-corrected chi connectivity index (χ2v) is 6.85. The van der Waals surface area contributed by atoms with Crippen molar-refractivity contribution < 1.29 is 9.47 Å². The molecule has 0 saturated carbocycles. The molecule has 1 fully saturated rings. The van der Waals surface area contributed by atoms with Gasteiger partial charge in [0.2, 0.25) is 5.43 Å². The van der Waals surface area contributed by atoms with E-state index in [0.717, 1.165) is 43.2 Å². The molecule has 0 N–H and O–H groups in total. The standard InChI is InChI=1S/C23H24N2O3/c1-18-23(28-17-19-5-3-2-4-6-19)22(26)11-12-25(18)21-9-7-20(8-10-21)24-13-15-27-16-14-24/h2-12H,13-17H2,1H3. The SMILES string of the molecule is Cc1c(OCc2ccccc2)c(=O)ccn1-c1ccc(N2CCOCC2)cc1. The van der Waals surface area contributed by atoms with Crippen LogP contribution in [0.1, 0.15) is 11.3 Å². The van der Waals surface area contributed by atoms with Gasteiger partial charge in [-0.15, -0.1) is 0 Å². The minimum Gasteiger partial charge on any atom is -0.483 e. The molecule has 144 valence electrons. The molecule has 1 aromatic heterocycles. The molecule has 1 aliphatic rings. The lowest BCUT2D eigenvalue weighted by atomic mass is 10.2. The van der Waals surface area contributed by atoms with Crippen LogP contribution >= 0.6 is 0 Å². The fourth-order valence-electron chi connectivity index (χ4n) is 3.45. The van der Waals surface area contributed by atoms with E-state index in [4.69, 9.17) is 9.47 Å². The van der Waals surface area contributed by atoms with E-state index in [-0.39, 0.29) is 5.43 Å². The van der Waals surface area contributed by atoms with Gasteiger partial charge in [-0.05, 0) is 36.8 Å².